The summed E-state index contributed by atoms with van der Waals surface area (Å²) in [6, 6.07) is 9.98. The van der Waals surface area contributed by atoms with E-state index < -0.39 is 12.4 Å². The largest absolute Gasteiger partial charge is 0.386 e. The summed E-state index contributed by atoms with van der Waals surface area (Å²) in [5.74, 6) is 0. The SMILES string of the molecule is C[C@@H]1O[C@@H](O[C@H]2C=C[C@@H](OCc3ccccc3)O[C@@H]2C)C=C[C@H]1O. The van der Waals surface area contributed by atoms with Crippen LogP contribution in [0.4, 0.5) is 0 Å². The van der Waals surface area contributed by atoms with Gasteiger partial charge >= 0.3 is 0 Å². The quantitative estimate of drug-likeness (QED) is 0.840. The normalized spacial score (nSPS) is 36.0. The van der Waals surface area contributed by atoms with E-state index in [0.29, 0.717) is 6.61 Å². The van der Waals surface area contributed by atoms with Gasteiger partial charge in [0.25, 0.3) is 0 Å². The van der Waals surface area contributed by atoms with Crippen LogP contribution in [0, 0.1) is 0 Å². The molecule has 3 rings (SSSR count). The number of rotatable bonds is 5. The molecule has 0 saturated heterocycles. The molecule has 2 aliphatic heterocycles. The zero-order valence-corrected chi connectivity index (χ0v) is 13.9. The minimum Gasteiger partial charge on any atom is -0.386 e. The van der Waals surface area contributed by atoms with Crippen LogP contribution in [0.1, 0.15) is 19.4 Å². The summed E-state index contributed by atoms with van der Waals surface area (Å²) >= 11 is 0. The minimum absolute atomic E-state index is 0.157. The summed E-state index contributed by atoms with van der Waals surface area (Å²) in [7, 11) is 0. The summed E-state index contributed by atoms with van der Waals surface area (Å²) in [5, 5.41) is 9.62. The second-order valence-corrected chi connectivity index (χ2v) is 6.08. The standard InChI is InChI=1S/C19H24O5/c1-13-16(20)8-10-19(22-13)24-17-9-11-18(23-14(17)2)21-12-15-6-4-3-5-7-15/h3-11,13-14,16-20H,12H2,1-2H3/t13-,14+,16+,17-,18-,19-/m0/s1. The highest BCUT2D eigenvalue weighted by atomic mass is 16.7. The molecule has 0 fully saturated rings. The zero-order chi connectivity index (χ0) is 16.9. The summed E-state index contributed by atoms with van der Waals surface area (Å²) in [4.78, 5) is 0. The summed E-state index contributed by atoms with van der Waals surface area (Å²) in [5.41, 5.74) is 1.11. The molecule has 0 aromatic heterocycles. The van der Waals surface area contributed by atoms with Crippen LogP contribution >= 0.6 is 0 Å². The van der Waals surface area contributed by atoms with Crippen molar-refractivity contribution >= 4 is 0 Å². The first-order valence-corrected chi connectivity index (χ1v) is 8.28. The van der Waals surface area contributed by atoms with Crippen molar-refractivity contribution < 1.29 is 24.1 Å². The Morgan fingerprint density at radius 1 is 0.917 bits per heavy atom. The number of aliphatic hydroxyl groups is 1. The van der Waals surface area contributed by atoms with E-state index in [1.165, 1.54) is 0 Å². The zero-order valence-electron chi connectivity index (χ0n) is 13.9. The summed E-state index contributed by atoms with van der Waals surface area (Å²) in [6.45, 7) is 4.25. The third kappa shape index (κ3) is 4.53. The monoisotopic (exact) mass is 332 g/mol. The van der Waals surface area contributed by atoms with Gasteiger partial charge in [0.15, 0.2) is 12.6 Å². The molecule has 24 heavy (non-hydrogen) atoms. The van der Waals surface area contributed by atoms with Crippen molar-refractivity contribution in [1.29, 1.82) is 0 Å². The van der Waals surface area contributed by atoms with Crippen LogP contribution < -0.4 is 0 Å². The Morgan fingerprint density at radius 2 is 1.62 bits per heavy atom. The Bertz CT molecular complexity index is 570. The highest BCUT2D eigenvalue weighted by molar-refractivity contribution is 5.13. The van der Waals surface area contributed by atoms with Gasteiger partial charge < -0.3 is 24.1 Å². The highest BCUT2D eigenvalue weighted by Crippen LogP contribution is 2.22. The van der Waals surface area contributed by atoms with E-state index in [1.54, 1.807) is 12.2 Å². The Kier molecular flexibility index (Phi) is 5.81. The lowest BCUT2D eigenvalue weighted by atomic mass is 10.1. The van der Waals surface area contributed by atoms with Gasteiger partial charge in [0, 0.05) is 0 Å². The molecule has 130 valence electrons. The van der Waals surface area contributed by atoms with E-state index in [2.05, 4.69) is 0 Å². The smallest absolute Gasteiger partial charge is 0.178 e. The van der Waals surface area contributed by atoms with Gasteiger partial charge in [-0.15, -0.1) is 0 Å². The molecule has 6 atom stereocenters. The summed E-state index contributed by atoms with van der Waals surface area (Å²) in [6.07, 6.45) is 5.10. The van der Waals surface area contributed by atoms with Gasteiger partial charge in [0.05, 0.1) is 24.9 Å². The molecule has 5 heteroatoms. The molecule has 1 aromatic rings. The fourth-order valence-electron chi connectivity index (χ4n) is 2.63. The molecule has 0 amide bonds. The van der Waals surface area contributed by atoms with Crippen molar-refractivity contribution in [2.24, 2.45) is 0 Å². The maximum Gasteiger partial charge on any atom is 0.178 e. The molecule has 0 unspecified atom stereocenters. The van der Waals surface area contributed by atoms with Gasteiger partial charge in [0.2, 0.25) is 0 Å². The lowest BCUT2D eigenvalue weighted by Crippen LogP contribution is -2.41. The van der Waals surface area contributed by atoms with Gasteiger partial charge in [-0.25, -0.2) is 0 Å². The molecule has 5 nitrogen and oxygen atoms in total. The fraction of sp³-hybridized carbons (Fsp3) is 0.474. The predicted octanol–water partition coefficient (Wildman–Crippen LogP) is 2.55. The van der Waals surface area contributed by atoms with Gasteiger partial charge in [-0.1, -0.05) is 42.5 Å². The molecular formula is C19H24O5. The van der Waals surface area contributed by atoms with Crippen LogP contribution in [0.2, 0.25) is 0 Å². The number of ether oxygens (including phenoxy) is 4. The first kappa shape index (κ1) is 17.3. The lowest BCUT2D eigenvalue weighted by molar-refractivity contribution is -0.224. The Hall–Kier alpha value is -1.50. The van der Waals surface area contributed by atoms with Crippen molar-refractivity contribution in [3.63, 3.8) is 0 Å². The van der Waals surface area contributed by atoms with Gasteiger partial charge in [-0.05, 0) is 31.6 Å². The molecule has 1 aromatic carbocycles. The number of benzene rings is 1. The maximum absolute atomic E-state index is 9.62. The average Bonchev–Trinajstić information content (AvgIpc) is 2.59. The molecule has 0 bridgehead atoms. The number of hydrogen-bond acceptors (Lipinski definition) is 5. The van der Waals surface area contributed by atoms with Crippen LogP contribution in [-0.4, -0.2) is 42.1 Å². The van der Waals surface area contributed by atoms with Crippen molar-refractivity contribution in [3.8, 4) is 0 Å². The van der Waals surface area contributed by atoms with Crippen LogP contribution in [0.25, 0.3) is 0 Å². The maximum atomic E-state index is 9.62. The van der Waals surface area contributed by atoms with E-state index >= 15 is 0 Å². The van der Waals surface area contributed by atoms with E-state index in [4.69, 9.17) is 18.9 Å². The third-order valence-electron chi connectivity index (χ3n) is 4.11. The van der Waals surface area contributed by atoms with E-state index in [1.807, 2.05) is 56.3 Å². The Labute approximate surface area is 142 Å². The van der Waals surface area contributed by atoms with Gasteiger partial charge in [0.1, 0.15) is 6.10 Å². The molecule has 2 heterocycles. The van der Waals surface area contributed by atoms with E-state index in [9.17, 15) is 5.11 Å². The van der Waals surface area contributed by atoms with Crippen molar-refractivity contribution in [2.45, 2.75) is 57.5 Å². The van der Waals surface area contributed by atoms with Gasteiger partial charge in [-0.2, -0.15) is 0 Å². The Balaban J connectivity index is 1.50. The minimum atomic E-state index is -0.587. The molecule has 0 saturated carbocycles. The van der Waals surface area contributed by atoms with Crippen LogP contribution in [0.3, 0.4) is 0 Å². The van der Waals surface area contributed by atoms with E-state index in [-0.39, 0.29) is 24.6 Å². The highest BCUT2D eigenvalue weighted by Gasteiger charge is 2.29. The van der Waals surface area contributed by atoms with Crippen LogP contribution in [0.5, 0.6) is 0 Å². The summed E-state index contributed by atoms with van der Waals surface area (Å²) < 4.78 is 23.1. The average molecular weight is 332 g/mol. The number of hydrogen-bond donors (Lipinski definition) is 1. The Morgan fingerprint density at radius 3 is 2.33 bits per heavy atom. The van der Waals surface area contributed by atoms with Gasteiger partial charge in [-0.3, -0.25) is 0 Å². The molecule has 1 N–H and O–H groups in total. The van der Waals surface area contributed by atoms with E-state index in [0.717, 1.165) is 5.56 Å². The van der Waals surface area contributed by atoms with Crippen molar-refractivity contribution in [1.82, 2.24) is 0 Å². The molecule has 2 aliphatic rings. The second kappa shape index (κ2) is 8.05. The second-order valence-electron chi connectivity index (χ2n) is 6.08. The third-order valence-corrected chi connectivity index (χ3v) is 4.11. The molecule has 0 aliphatic carbocycles. The first-order chi connectivity index (χ1) is 11.6. The predicted molar refractivity (Wildman–Crippen MR) is 89.1 cm³/mol. The van der Waals surface area contributed by atoms with Crippen LogP contribution in [-0.2, 0) is 25.6 Å². The first-order valence-electron chi connectivity index (χ1n) is 8.28. The van der Waals surface area contributed by atoms with Crippen molar-refractivity contribution in [3.05, 3.63) is 60.2 Å². The lowest BCUT2D eigenvalue weighted by Gasteiger charge is -2.34. The molecule has 0 spiro atoms. The van der Waals surface area contributed by atoms with Crippen LogP contribution in [0.15, 0.2) is 54.6 Å². The van der Waals surface area contributed by atoms with Crippen molar-refractivity contribution in [2.75, 3.05) is 0 Å². The topological polar surface area (TPSA) is 57.2 Å². The molecule has 0 radical (unpaired) electrons. The molecular weight excluding hydrogens is 308 g/mol. The fourth-order valence-corrected chi connectivity index (χ4v) is 2.63. The number of aliphatic hydroxyl groups excluding tert-OH is 1.